The fraction of sp³-hybridized carbons (Fsp3) is 0.0833. The highest BCUT2D eigenvalue weighted by molar-refractivity contribution is 9.10. The van der Waals surface area contributed by atoms with E-state index in [0.29, 0.717) is 22.0 Å². The summed E-state index contributed by atoms with van der Waals surface area (Å²) < 4.78 is 0.587. The number of hydrogen-bond acceptors (Lipinski definition) is 6. The van der Waals surface area contributed by atoms with Crippen molar-refractivity contribution < 1.29 is 4.84 Å². The van der Waals surface area contributed by atoms with Crippen LogP contribution in [0.1, 0.15) is 17.5 Å². The highest BCUT2D eigenvalue weighted by Crippen LogP contribution is 2.21. The lowest BCUT2D eigenvalue weighted by atomic mass is 10.2. The first kappa shape index (κ1) is 11.9. The van der Waals surface area contributed by atoms with E-state index in [4.69, 9.17) is 10.6 Å². The Morgan fingerprint density at radius 3 is 2.84 bits per heavy atom. The number of halogens is 1. The van der Waals surface area contributed by atoms with E-state index in [1.807, 2.05) is 30.3 Å². The SMILES string of the molecule is Nc1ncc(Br)nc1C1=NOC(c2ccccc2)N1. The molecule has 96 valence electrons. The summed E-state index contributed by atoms with van der Waals surface area (Å²) in [5, 5.41) is 7.08. The van der Waals surface area contributed by atoms with Gasteiger partial charge in [0.15, 0.2) is 17.3 Å². The lowest BCUT2D eigenvalue weighted by Gasteiger charge is -2.10. The van der Waals surface area contributed by atoms with E-state index in [1.54, 1.807) is 0 Å². The minimum Gasteiger partial charge on any atom is -0.382 e. The zero-order valence-corrected chi connectivity index (χ0v) is 11.3. The van der Waals surface area contributed by atoms with Crippen LogP contribution in [0, 0.1) is 0 Å². The van der Waals surface area contributed by atoms with Crippen molar-refractivity contribution in [2.45, 2.75) is 6.23 Å². The molecule has 0 fully saturated rings. The number of amidine groups is 1. The summed E-state index contributed by atoms with van der Waals surface area (Å²) in [6.45, 7) is 0. The average molecular weight is 320 g/mol. The van der Waals surface area contributed by atoms with E-state index in [9.17, 15) is 0 Å². The predicted molar refractivity (Wildman–Crippen MR) is 74.1 cm³/mol. The van der Waals surface area contributed by atoms with Crippen molar-refractivity contribution in [3.63, 3.8) is 0 Å². The molecular weight excluding hydrogens is 310 g/mol. The second-order valence-electron chi connectivity index (χ2n) is 3.91. The second-order valence-corrected chi connectivity index (χ2v) is 4.72. The van der Waals surface area contributed by atoms with E-state index in [1.165, 1.54) is 6.20 Å². The number of nitrogens with zero attached hydrogens (tertiary/aromatic N) is 3. The molecule has 0 spiro atoms. The van der Waals surface area contributed by atoms with Crippen molar-refractivity contribution in [2.24, 2.45) is 5.16 Å². The zero-order valence-electron chi connectivity index (χ0n) is 9.75. The number of aromatic nitrogens is 2. The van der Waals surface area contributed by atoms with Crippen LogP contribution >= 0.6 is 15.9 Å². The third-order valence-electron chi connectivity index (χ3n) is 2.62. The Bertz CT molecular complexity index is 631. The van der Waals surface area contributed by atoms with Crippen molar-refractivity contribution in [3.8, 4) is 0 Å². The van der Waals surface area contributed by atoms with Gasteiger partial charge >= 0.3 is 0 Å². The molecule has 3 N–H and O–H groups in total. The van der Waals surface area contributed by atoms with Gasteiger partial charge in [0.05, 0.1) is 6.20 Å². The van der Waals surface area contributed by atoms with Gasteiger partial charge in [0.25, 0.3) is 0 Å². The van der Waals surface area contributed by atoms with Gasteiger partial charge in [0.2, 0.25) is 6.23 Å². The Hall–Kier alpha value is -2.15. The third-order valence-corrected chi connectivity index (χ3v) is 3.00. The summed E-state index contributed by atoms with van der Waals surface area (Å²) in [5.74, 6) is 0.770. The molecule has 1 aromatic heterocycles. The number of rotatable bonds is 2. The minimum absolute atomic E-state index is 0.298. The maximum Gasteiger partial charge on any atom is 0.224 e. The molecule has 0 aliphatic carbocycles. The maximum atomic E-state index is 5.78. The average Bonchev–Trinajstić information content (AvgIpc) is 2.92. The third kappa shape index (κ3) is 2.37. The fourth-order valence-electron chi connectivity index (χ4n) is 1.72. The van der Waals surface area contributed by atoms with Crippen LogP contribution in [-0.2, 0) is 4.84 Å². The highest BCUT2D eigenvalue weighted by atomic mass is 79.9. The number of nitrogen functional groups attached to an aromatic ring is 1. The Labute approximate surface area is 117 Å². The molecule has 6 nitrogen and oxygen atoms in total. The normalized spacial score (nSPS) is 17.5. The molecule has 1 aromatic carbocycles. The lowest BCUT2D eigenvalue weighted by Crippen LogP contribution is -2.25. The molecule has 1 aliphatic rings. The summed E-state index contributed by atoms with van der Waals surface area (Å²) in [5.41, 5.74) is 7.22. The van der Waals surface area contributed by atoms with Gasteiger partial charge in [0, 0.05) is 5.56 Å². The summed E-state index contributed by atoms with van der Waals surface area (Å²) in [6, 6.07) is 9.72. The smallest absolute Gasteiger partial charge is 0.224 e. The molecule has 0 saturated heterocycles. The van der Waals surface area contributed by atoms with Crippen molar-refractivity contribution in [2.75, 3.05) is 5.73 Å². The van der Waals surface area contributed by atoms with Crippen molar-refractivity contribution in [1.29, 1.82) is 0 Å². The number of benzene rings is 1. The van der Waals surface area contributed by atoms with E-state index in [2.05, 4.69) is 36.4 Å². The molecule has 0 bridgehead atoms. The van der Waals surface area contributed by atoms with Crippen molar-refractivity contribution >= 4 is 27.6 Å². The van der Waals surface area contributed by atoms with E-state index < -0.39 is 0 Å². The Morgan fingerprint density at radius 2 is 2.05 bits per heavy atom. The molecular formula is C12H10BrN5O. The first-order valence-corrected chi connectivity index (χ1v) is 6.37. The molecule has 2 heterocycles. The van der Waals surface area contributed by atoms with Crippen molar-refractivity contribution in [3.05, 3.63) is 52.4 Å². The number of nitrogens with two attached hydrogens (primary N) is 1. The number of hydrogen-bond donors (Lipinski definition) is 2. The summed E-state index contributed by atoms with van der Waals surface area (Å²) >= 11 is 3.25. The monoisotopic (exact) mass is 319 g/mol. The number of oxime groups is 1. The quantitative estimate of drug-likeness (QED) is 0.881. The van der Waals surface area contributed by atoms with Crippen LogP contribution in [0.15, 0.2) is 46.3 Å². The van der Waals surface area contributed by atoms with Gasteiger partial charge in [-0.15, -0.1) is 0 Å². The number of anilines is 1. The van der Waals surface area contributed by atoms with E-state index in [0.717, 1.165) is 5.56 Å². The first-order chi connectivity index (χ1) is 9.24. The van der Waals surface area contributed by atoms with Gasteiger partial charge in [-0.05, 0) is 15.9 Å². The van der Waals surface area contributed by atoms with E-state index >= 15 is 0 Å². The topological polar surface area (TPSA) is 85.4 Å². The summed E-state index contributed by atoms with van der Waals surface area (Å²) in [4.78, 5) is 13.6. The number of nitrogens with one attached hydrogen (secondary N) is 1. The van der Waals surface area contributed by atoms with Gasteiger partial charge in [-0.25, -0.2) is 9.97 Å². The van der Waals surface area contributed by atoms with Gasteiger partial charge < -0.3 is 15.9 Å². The van der Waals surface area contributed by atoms with Crippen LogP contribution < -0.4 is 11.1 Å². The van der Waals surface area contributed by atoms with Crippen LogP contribution in [0.4, 0.5) is 5.82 Å². The van der Waals surface area contributed by atoms with Crippen LogP contribution in [0.25, 0.3) is 0 Å². The molecule has 7 heteroatoms. The van der Waals surface area contributed by atoms with Gasteiger partial charge in [-0.3, -0.25) is 0 Å². The minimum atomic E-state index is -0.337. The molecule has 1 aliphatic heterocycles. The van der Waals surface area contributed by atoms with Crippen LogP contribution in [0.2, 0.25) is 0 Å². The lowest BCUT2D eigenvalue weighted by molar-refractivity contribution is 0.0729. The molecule has 3 rings (SSSR count). The fourth-order valence-corrected chi connectivity index (χ4v) is 2.00. The maximum absolute atomic E-state index is 5.78. The molecule has 1 unspecified atom stereocenters. The van der Waals surface area contributed by atoms with Crippen LogP contribution in [-0.4, -0.2) is 15.8 Å². The molecule has 19 heavy (non-hydrogen) atoms. The Morgan fingerprint density at radius 1 is 1.26 bits per heavy atom. The van der Waals surface area contributed by atoms with E-state index in [-0.39, 0.29) is 6.23 Å². The molecule has 0 saturated carbocycles. The van der Waals surface area contributed by atoms with Gasteiger partial charge in [-0.2, -0.15) is 0 Å². The van der Waals surface area contributed by atoms with Crippen molar-refractivity contribution in [1.82, 2.24) is 15.3 Å². The molecule has 1 atom stereocenters. The summed E-state index contributed by atoms with van der Waals surface area (Å²) in [7, 11) is 0. The standard InChI is InChI=1S/C12H10BrN5O/c13-8-6-15-10(14)9(16-8)11-17-12(19-18-11)7-4-2-1-3-5-7/h1-6,12H,(H2,14,15)(H,17,18). The van der Waals surface area contributed by atoms with Crippen LogP contribution in [0.5, 0.6) is 0 Å². The van der Waals surface area contributed by atoms with Gasteiger partial charge in [-0.1, -0.05) is 35.5 Å². The predicted octanol–water partition coefficient (Wildman–Crippen LogP) is 1.80. The second kappa shape index (κ2) is 4.85. The Balaban J connectivity index is 1.84. The first-order valence-electron chi connectivity index (χ1n) is 5.58. The van der Waals surface area contributed by atoms with Crippen LogP contribution in [0.3, 0.4) is 0 Å². The molecule has 0 amide bonds. The largest absolute Gasteiger partial charge is 0.382 e. The highest BCUT2D eigenvalue weighted by Gasteiger charge is 2.25. The zero-order chi connectivity index (χ0) is 13.2. The molecule has 0 radical (unpaired) electrons. The summed E-state index contributed by atoms with van der Waals surface area (Å²) in [6.07, 6.45) is 1.19. The Kier molecular flexibility index (Phi) is 3.04. The molecule has 2 aromatic rings. The van der Waals surface area contributed by atoms with Gasteiger partial charge in [0.1, 0.15) is 4.60 Å².